The van der Waals surface area contributed by atoms with E-state index in [0.29, 0.717) is 25.7 Å². The average Bonchev–Trinajstić information content (AvgIpc) is 1.02. The van der Waals surface area contributed by atoms with E-state index >= 15 is 0 Å². The predicted octanol–water partition coefficient (Wildman–Crippen LogP) is 23.6. The van der Waals surface area contributed by atoms with Crippen LogP contribution >= 0.6 is 15.6 Å². The lowest BCUT2D eigenvalue weighted by Gasteiger charge is -2.21. The molecule has 0 aromatic heterocycles. The number of hydrogen-bond acceptors (Lipinski definition) is 15. The first-order valence-electron chi connectivity index (χ1n) is 41.1. The second-order valence-electron chi connectivity index (χ2n) is 28.9. The second kappa shape index (κ2) is 72.0. The zero-order chi connectivity index (χ0) is 71.9. The first-order valence-corrected chi connectivity index (χ1v) is 44.1. The highest BCUT2D eigenvalue weighted by Gasteiger charge is 2.30. The molecule has 0 aliphatic heterocycles. The summed E-state index contributed by atoms with van der Waals surface area (Å²) in [6.45, 7) is 7.26. The Morgan fingerprint density at radius 3 is 0.694 bits per heavy atom. The van der Waals surface area contributed by atoms with Gasteiger partial charge >= 0.3 is 39.5 Å². The van der Waals surface area contributed by atoms with Crippen LogP contribution in [-0.4, -0.2) is 96.7 Å². The molecule has 0 aromatic rings. The topological polar surface area (TPSA) is 237 Å². The van der Waals surface area contributed by atoms with E-state index in [2.05, 4.69) is 34.6 Å². The molecule has 19 heteroatoms. The Labute approximate surface area is 600 Å². The molecule has 98 heavy (non-hydrogen) atoms. The van der Waals surface area contributed by atoms with Gasteiger partial charge in [-0.1, -0.05) is 369 Å². The Morgan fingerprint density at radius 2 is 0.469 bits per heavy atom. The Hall–Kier alpha value is -1.94. The Kier molecular flexibility index (Phi) is 70.6. The molecule has 0 amide bonds. The van der Waals surface area contributed by atoms with Crippen molar-refractivity contribution in [2.24, 2.45) is 5.92 Å². The van der Waals surface area contributed by atoms with Crippen LogP contribution in [0, 0.1) is 5.92 Å². The highest BCUT2D eigenvalue weighted by Crippen LogP contribution is 2.45. The van der Waals surface area contributed by atoms with Gasteiger partial charge in [-0.2, -0.15) is 0 Å². The van der Waals surface area contributed by atoms with Crippen molar-refractivity contribution in [1.29, 1.82) is 0 Å². The molecule has 0 heterocycles. The fourth-order valence-electron chi connectivity index (χ4n) is 12.2. The van der Waals surface area contributed by atoms with Crippen molar-refractivity contribution in [3.63, 3.8) is 0 Å². The molecule has 0 bridgehead atoms. The van der Waals surface area contributed by atoms with E-state index in [4.69, 9.17) is 37.0 Å². The zero-order valence-corrected chi connectivity index (χ0v) is 65.7. The molecule has 0 fully saturated rings. The summed E-state index contributed by atoms with van der Waals surface area (Å²) in [5.41, 5.74) is 0. The molecule has 2 unspecified atom stereocenters. The number of ether oxygens (including phenoxy) is 4. The molecule has 582 valence electrons. The minimum Gasteiger partial charge on any atom is -0.462 e. The molecule has 0 saturated carbocycles. The molecule has 0 spiro atoms. The number of unbranched alkanes of at least 4 members (excludes halogenated alkanes) is 51. The maximum atomic E-state index is 13.1. The zero-order valence-electron chi connectivity index (χ0n) is 63.9. The van der Waals surface area contributed by atoms with Crippen molar-refractivity contribution < 1.29 is 80.2 Å². The van der Waals surface area contributed by atoms with Crippen LogP contribution in [0.1, 0.15) is 420 Å². The predicted molar refractivity (Wildman–Crippen MR) is 400 cm³/mol. The molecule has 0 aliphatic carbocycles. The lowest BCUT2D eigenvalue weighted by Crippen LogP contribution is -2.30. The van der Waals surface area contributed by atoms with Crippen molar-refractivity contribution >= 4 is 39.5 Å². The summed E-state index contributed by atoms with van der Waals surface area (Å²) >= 11 is 0. The third kappa shape index (κ3) is 72.4. The summed E-state index contributed by atoms with van der Waals surface area (Å²) in [6.07, 6.45) is 62.9. The van der Waals surface area contributed by atoms with E-state index < -0.39 is 97.5 Å². The summed E-state index contributed by atoms with van der Waals surface area (Å²) in [4.78, 5) is 72.6. The number of esters is 4. The molecule has 3 N–H and O–H groups in total. The van der Waals surface area contributed by atoms with Gasteiger partial charge in [-0.05, 0) is 31.6 Å². The van der Waals surface area contributed by atoms with Crippen LogP contribution in [-0.2, 0) is 65.4 Å². The van der Waals surface area contributed by atoms with Gasteiger partial charge in [0.1, 0.15) is 19.3 Å². The second-order valence-corrected chi connectivity index (χ2v) is 31.8. The van der Waals surface area contributed by atoms with Crippen LogP contribution in [0.5, 0.6) is 0 Å². The SMILES string of the molecule is CCCCCCCCCCCCCCCCCCCCCCC(=O)O[C@H](COC(=O)CCCCCCCCCCCCCCCCCCC(C)C)COP(=O)(O)OC[C@@H](O)COP(=O)(O)OC[C@@H](COC(=O)CCCCCCC)OC(=O)CCCCCCCCCCCCCCCC. The summed E-state index contributed by atoms with van der Waals surface area (Å²) in [5, 5.41) is 10.6. The van der Waals surface area contributed by atoms with Gasteiger partial charge in [0.05, 0.1) is 26.4 Å². The third-order valence-corrected chi connectivity index (χ3v) is 20.4. The molecule has 0 rings (SSSR count). The van der Waals surface area contributed by atoms with Crippen LogP contribution in [0.25, 0.3) is 0 Å². The number of rotatable bonds is 79. The number of phosphoric acid groups is 2. The number of carbonyl (C=O) groups is 4. The summed E-state index contributed by atoms with van der Waals surface area (Å²) < 4.78 is 68.4. The van der Waals surface area contributed by atoms with Crippen molar-refractivity contribution in [3.8, 4) is 0 Å². The summed E-state index contributed by atoms with van der Waals surface area (Å²) in [7, 11) is -9.90. The Bertz CT molecular complexity index is 1870. The third-order valence-electron chi connectivity index (χ3n) is 18.5. The van der Waals surface area contributed by atoms with E-state index in [1.807, 2.05) is 0 Å². The highest BCUT2D eigenvalue weighted by atomic mass is 31.2. The molecule has 0 aromatic carbocycles. The number of hydrogen-bond donors (Lipinski definition) is 3. The van der Waals surface area contributed by atoms with E-state index in [1.54, 1.807) is 0 Å². The van der Waals surface area contributed by atoms with E-state index in [0.717, 1.165) is 102 Å². The maximum Gasteiger partial charge on any atom is 0.472 e. The molecular formula is C79H154O17P2. The summed E-state index contributed by atoms with van der Waals surface area (Å²) in [6, 6.07) is 0. The van der Waals surface area contributed by atoms with Crippen LogP contribution < -0.4 is 0 Å². The van der Waals surface area contributed by atoms with Gasteiger partial charge in [0.25, 0.3) is 0 Å². The molecule has 17 nitrogen and oxygen atoms in total. The molecule has 5 atom stereocenters. The van der Waals surface area contributed by atoms with Crippen LogP contribution in [0.4, 0.5) is 0 Å². The maximum absolute atomic E-state index is 13.1. The Balaban J connectivity index is 5.12. The van der Waals surface area contributed by atoms with Gasteiger partial charge in [-0.15, -0.1) is 0 Å². The van der Waals surface area contributed by atoms with Crippen molar-refractivity contribution in [2.75, 3.05) is 39.6 Å². The number of carbonyl (C=O) groups excluding carboxylic acids is 4. The van der Waals surface area contributed by atoms with E-state index in [9.17, 15) is 43.2 Å². The van der Waals surface area contributed by atoms with Crippen LogP contribution in [0.3, 0.4) is 0 Å². The molecule has 0 aliphatic rings. The van der Waals surface area contributed by atoms with Gasteiger partial charge in [0.15, 0.2) is 12.2 Å². The quantitative estimate of drug-likeness (QED) is 0.0222. The average molecular weight is 1440 g/mol. The first-order chi connectivity index (χ1) is 47.5. The van der Waals surface area contributed by atoms with E-state index in [1.165, 1.54) is 238 Å². The van der Waals surface area contributed by atoms with Gasteiger partial charge in [-0.25, -0.2) is 9.13 Å². The van der Waals surface area contributed by atoms with Crippen LogP contribution in [0.15, 0.2) is 0 Å². The monoisotopic (exact) mass is 1440 g/mol. The largest absolute Gasteiger partial charge is 0.472 e. The summed E-state index contributed by atoms with van der Waals surface area (Å²) in [5.74, 6) is -1.31. The fourth-order valence-corrected chi connectivity index (χ4v) is 13.8. The molecule has 0 radical (unpaired) electrons. The van der Waals surface area contributed by atoms with Crippen molar-refractivity contribution in [1.82, 2.24) is 0 Å². The minimum absolute atomic E-state index is 0.107. The standard InChI is InChI=1S/C79H154O17P2/c1-6-9-12-15-17-19-21-23-25-26-27-28-29-34-38-42-46-50-55-60-65-79(84)96-75(69-90-77(82)63-58-53-48-44-40-37-33-31-30-32-35-39-43-47-52-56-61-72(4)5)71-94-98(87,88)92-67-73(80)66-91-97(85,86)93-70-74(68-89-76(81)62-57-51-14-11-8-3)95-78(83)64-59-54-49-45-41-36-24-22-20-18-16-13-10-7-2/h72-75,80H,6-71H2,1-5H3,(H,85,86)(H,87,88)/t73-,74+,75+/m0/s1. The molecule has 0 saturated heterocycles. The molecular weight excluding hydrogens is 1280 g/mol. The smallest absolute Gasteiger partial charge is 0.462 e. The minimum atomic E-state index is -4.96. The highest BCUT2D eigenvalue weighted by molar-refractivity contribution is 7.47. The van der Waals surface area contributed by atoms with Gasteiger partial charge in [0.2, 0.25) is 0 Å². The van der Waals surface area contributed by atoms with E-state index in [-0.39, 0.29) is 25.7 Å². The van der Waals surface area contributed by atoms with Gasteiger partial charge in [-0.3, -0.25) is 37.3 Å². The number of phosphoric ester groups is 2. The van der Waals surface area contributed by atoms with Gasteiger partial charge < -0.3 is 33.8 Å². The lowest BCUT2D eigenvalue weighted by atomic mass is 10.0. The lowest BCUT2D eigenvalue weighted by molar-refractivity contribution is -0.161. The van der Waals surface area contributed by atoms with Crippen molar-refractivity contribution in [3.05, 3.63) is 0 Å². The van der Waals surface area contributed by atoms with Crippen LogP contribution in [0.2, 0.25) is 0 Å². The first kappa shape index (κ1) is 96.1. The Morgan fingerprint density at radius 1 is 0.276 bits per heavy atom. The van der Waals surface area contributed by atoms with Crippen molar-refractivity contribution in [2.45, 2.75) is 438 Å². The van der Waals surface area contributed by atoms with Gasteiger partial charge in [0, 0.05) is 25.7 Å². The normalized spacial score (nSPS) is 13.9. The number of aliphatic hydroxyl groups excluding tert-OH is 1. The number of aliphatic hydroxyl groups is 1. The fraction of sp³-hybridized carbons (Fsp3) is 0.949.